The minimum Gasteiger partial charge on any atom is -0.207 e. The van der Waals surface area contributed by atoms with Crippen LogP contribution in [0.1, 0.15) is 17.5 Å². The standard InChI is InChI=1S/C11H10F4S/c12-9-5-4-8(3-1-2-6-16)10(7-9)11(13,14)15/h1,3-5,7,16H,2,6H2. The molecule has 0 aliphatic carbocycles. The van der Waals surface area contributed by atoms with E-state index in [0.29, 0.717) is 18.2 Å². The fourth-order valence-electron chi connectivity index (χ4n) is 1.20. The van der Waals surface area contributed by atoms with Crippen LogP contribution in [0.4, 0.5) is 17.6 Å². The molecule has 0 fully saturated rings. The van der Waals surface area contributed by atoms with Gasteiger partial charge in [-0.15, -0.1) is 0 Å². The predicted octanol–water partition coefficient (Wildman–Crippen LogP) is 4.18. The van der Waals surface area contributed by atoms with E-state index < -0.39 is 17.6 Å². The zero-order chi connectivity index (χ0) is 12.2. The van der Waals surface area contributed by atoms with Crippen molar-refractivity contribution in [2.24, 2.45) is 0 Å². The average molecular weight is 250 g/mol. The maximum absolute atomic E-state index is 12.7. The summed E-state index contributed by atoms with van der Waals surface area (Å²) in [5, 5.41) is 0. The fraction of sp³-hybridized carbons (Fsp3) is 0.273. The Morgan fingerprint density at radius 2 is 1.94 bits per heavy atom. The number of hydrogen-bond acceptors (Lipinski definition) is 1. The Kier molecular flexibility index (Phi) is 4.41. The lowest BCUT2D eigenvalue weighted by Gasteiger charge is -2.10. The van der Waals surface area contributed by atoms with E-state index in [-0.39, 0.29) is 5.56 Å². The van der Waals surface area contributed by atoms with Crippen molar-refractivity contribution in [1.82, 2.24) is 0 Å². The summed E-state index contributed by atoms with van der Waals surface area (Å²) < 4.78 is 50.3. The van der Waals surface area contributed by atoms with Crippen LogP contribution >= 0.6 is 12.6 Å². The van der Waals surface area contributed by atoms with E-state index in [0.717, 1.165) is 12.1 Å². The molecule has 0 amide bonds. The second kappa shape index (κ2) is 5.39. The van der Waals surface area contributed by atoms with Crippen LogP contribution in [0.3, 0.4) is 0 Å². The molecule has 0 aliphatic rings. The Balaban J connectivity index is 3.08. The average Bonchev–Trinajstić information content (AvgIpc) is 2.19. The molecule has 88 valence electrons. The van der Waals surface area contributed by atoms with Crippen LogP contribution in [0.2, 0.25) is 0 Å². The molecular formula is C11H10F4S. The molecule has 0 nitrogen and oxygen atoms in total. The normalized spacial score (nSPS) is 12.3. The lowest BCUT2D eigenvalue weighted by atomic mass is 10.1. The third kappa shape index (κ3) is 3.56. The van der Waals surface area contributed by atoms with Crippen molar-refractivity contribution in [3.05, 3.63) is 41.2 Å². The van der Waals surface area contributed by atoms with Crippen molar-refractivity contribution in [2.75, 3.05) is 5.75 Å². The Bertz CT molecular complexity index is 382. The maximum Gasteiger partial charge on any atom is 0.417 e. The first-order chi connectivity index (χ1) is 7.45. The van der Waals surface area contributed by atoms with Crippen molar-refractivity contribution >= 4 is 18.7 Å². The first-order valence-corrected chi connectivity index (χ1v) is 5.22. The van der Waals surface area contributed by atoms with Crippen LogP contribution in [-0.2, 0) is 6.18 Å². The summed E-state index contributed by atoms with van der Waals surface area (Å²) in [6.45, 7) is 0. The Morgan fingerprint density at radius 1 is 1.25 bits per heavy atom. The zero-order valence-corrected chi connectivity index (χ0v) is 9.15. The summed E-state index contributed by atoms with van der Waals surface area (Å²) >= 11 is 3.93. The number of allylic oxidation sites excluding steroid dienone is 1. The minimum atomic E-state index is -4.54. The van der Waals surface area contributed by atoms with E-state index in [2.05, 4.69) is 12.6 Å². The van der Waals surface area contributed by atoms with E-state index in [1.807, 2.05) is 0 Å². The van der Waals surface area contributed by atoms with Crippen molar-refractivity contribution in [3.63, 3.8) is 0 Å². The lowest BCUT2D eigenvalue weighted by molar-refractivity contribution is -0.137. The van der Waals surface area contributed by atoms with Gasteiger partial charge in [-0.2, -0.15) is 25.8 Å². The van der Waals surface area contributed by atoms with Gasteiger partial charge in [0.05, 0.1) is 5.56 Å². The van der Waals surface area contributed by atoms with Gasteiger partial charge in [-0.05, 0) is 29.9 Å². The highest BCUT2D eigenvalue weighted by Crippen LogP contribution is 2.33. The highest BCUT2D eigenvalue weighted by atomic mass is 32.1. The number of benzene rings is 1. The summed E-state index contributed by atoms with van der Waals surface area (Å²) in [6, 6.07) is 2.63. The highest BCUT2D eigenvalue weighted by Gasteiger charge is 2.33. The molecule has 0 radical (unpaired) electrons. The molecule has 0 N–H and O–H groups in total. The van der Waals surface area contributed by atoms with Gasteiger partial charge in [0, 0.05) is 0 Å². The molecule has 0 saturated carbocycles. The molecule has 16 heavy (non-hydrogen) atoms. The van der Waals surface area contributed by atoms with Crippen molar-refractivity contribution in [1.29, 1.82) is 0 Å². The van der Waals surface area contributed by atoms with Gasteiger partial charge < -0.3 is 0 Å². The summed E-state index contributed by atoms with van der Waals surface area (Å²) in [5.41, 5.74) is -0.987. The quantitative estimate of drug-likeness (QED) is 0.604. The molecule has 1 aromatic rings. The molecule has 5 heteroatoms. The Labute approximate surface area is 96.4 Å². The second-order valence-electron chi connectivity index (χ2n) is 3.14. The molecule has 0 saturated heterocycles. The van der Waals surface area contributed by atoms with E-state index in [9.17, 15) is 17.6 Å². The molecular weight excluding hydrogens is 240 g/mol. The number of thiol groups is 1. The monoisotopic (exact) mass is 250 g/mol. The topological polar surface area (TPSA) is 0 Å². The van der Waals surface area contributed by atoms with Gasteiger partial charge in [-0.1, -0.05) is 18.2 Å². The van der Waals surface area contributed by atoms with Crippen LogP contribution in [0.15, 0.2) is 24.3 Å². The van der Waals surface area contributed by atoms with Gasteiger partial charge in [0.25, 0.3) is 0 Å². The van der Waals surface area contributed by atoms with Gasteiger partial charge in [0.1, 0.15) is 5.82 Å². The molecule has 0 heterocycles. The third-order valence-electron chi connectivity index (χ3n) is 1.91. The molecule has 0 aliphatic heterocycles. The molecule has 0 spiro atoms. The van der Waals surface area contributed by atoms with Crippen molar-refractivity contribution in [2.45, 2.75) is 12.6 Å². The van der Waals surface area contributed by atoms with Gasteiger partial charge in [-0.3, -0.25) is 0 Å². The van der Waals surface area contributed by atoms with Gasteiger partial charge in [0.15, 0.2) is 0 Å². The van der Waals surface area contributed by atoms with E-state index in [1.165, 1.54) is 6.08 Å². The summed E-state index contributed by atoms with van der Waals surface area (Å²) in [6.07, 6.45) is -1.06. The van der Waals surface area contributed by atoms with Crippen molar-refractivity contribution in [3.8, 4) is 0 Å². The summed E-state index contributed by atoms with van der Waals surface area (Å²) in [5.74, 6) is -0.336. The highest BCUT2D eigenvalue weighted by molar-refractivity contribution is 7.80. The van der Waals surface area contributed by atoms with Crippen LogP contribution in [0, 0.1) is 5.82 Å². The first-order valence-electron chi connectivity index (χ1n) is 4.59. The lowest BCUT2D eigenvalue weighted by Crippen LogP contribution is -2.07. The SMILES string of the molecule is Fc1ccc(C=CCCS)c(C(F)(F)F)c1. The molecule has 0 bridgehead atoms. The second-order valence-corrected chi connectivity index (χ2v) is 3.59. The fourth-order valence-corrected chi connectivity index (χ4v) is 1.35. The molecule has 0 atom stereocenters. The zero-order valence-electron chi connectivity index (χ0n) is 8.26. The first kappa shape index (κ1) is 13.1. The van der Waals surface area contributed by atoms with E-state index in [1.54, 1.807) is 6.08 Å². The largest absolute Gasteiger partial charge is 0.417 e. The van der Waals surface area contributed by atoms with Crippen LogP contribution in [0.5, 0.6) is 0 Å². The number of halogens is 4. The molecule has 1 aromatic carbocycles. The predicted molar refractivity (Wildman–Crippen MR) is 58.9 cm³/mol. The Hall–Kier alpha value is -0.970. The molecule has 1 rings (SSSR count). The molecule has 0 aromatic heterocycles. The van der Waals surface area contributed by atoms with Gasteiger partial charge >= 0.3 is 6.18 Å². The Morgan fingerprint density at radius 3 is 2.50 bits per heavy atom. The van der Waals surface area contributed by atoms with Gasteiger partial charge in [-0.25, -0.2) is 4.39 Å². The van der Waals surface area contributed by atoms with E-state index in [4.69, 9.17) is 0 Å². The van der Waals surface area contributed by atoms with Crippen LogP contribution in [-0.4, -0.2) is 5.75 Å². The summed E-state index contributed by atoms with van der Waals surface area (Å²) in [7, 11) is 0. The van der Waals surface area contributed by atoms with Crippen molar-refractivity contribution < 1.29 is 17.6 Å². The summed E-state index contributed by atoms with van der Waals surface area (Å²) in [4.78, 5) is 0. The molecule has 0 unspecified atom stereocenters. The smallest absolute Gasteiger partial charge is 0.207 e. The van der Waals surface area contributed by atoms with Gasteiger partial charge in [0.2, 0.25) is 0 Å². The minimum absolute atomic E-state index is 0.0318. The van der Waals surface area contributed by atoms with Crippen LogP contribution < -0.4 is 0 Å². The van der Waals surface area contributed by atoms with E-state index >= 15 is 0 Å². The number of rotatable bonds is 3. The number of hydrogen-bond donors (Lipinski definition) is 1. The number of alkyl halides is 3. The third-order valence-corrected chi connectivity index (χ3v) is 2.17. The maximum atomic E-state index is 12.7. The van der Waals surface area contributed by atoms with Crippen LogP contribution in [0.25, 0.3) is 6.08 Å².